The zero-order valence-electron chi connectivity index (χ0n) is 19.7. The molecule has 2 saturated carbocycles. The molecular formula is C30H37NO2. The molecule has 0 saturated heterocycles. The van der Waals surface area contributed by atoms with Crippen LogP contribution in [-0.2, 0) is 4.79 Å². The molecule has 6 atom stereocenters. The number of aliphatic carboxylic acids is 1. The number of hydrogen-bond acceptors (Lipinski definition) is 2. The van der Waals surface area contributed by atoms with Gasteiger partial charge in [0, 0.05) is 12.1 Å². The number of hydrogen-bond donors (Lipinski definition) is 2. The molecule has 7 aliphatic rings. The van der Waals surface area contributed by atoms with Gasteiger partial charge in [0.05, 0.1) is 5.41 Å². The second-order valence-electron chi connectivity index (χ2n) is 11.9. The summed E-state index contributed by atoms with van der Waals surface area (Å²) in [6.45, 7) is 0. The maximum absolute atomic E-state index is 12.4. The summed E-state index contributed by atoms with van der Waals surface area (Å²) in [4.78, 5) is 12.4. The molecule has 0 aromatic heterocycles. The van der Waals surface area contributed by atoms with E-state index in [1.165, 1.54) is 61.7 Å². The van der Waals surface area contributed by atoms with E-state index < -0.39 is 11.4 Å². The maximum atomic E-state index is 12.4. The van der Waals surface area contributed by atoms with E-state index in [1.807, 2.05) is 0 Å². The third kappa shape index (κ3) is 3.00. The zero-order valence-corrected chi connectivity index (χ0v) is 19.7. The molecule has 7 rings (SSSR count). The Morgan fingerprint density at radius 3 is 2.61 bits per heavy atom. The van der Waals surface area contributed by atoms with Gasteiger partial charge in [-0.1, -0.05) is 42.7 Å². The normalized spacial score (nSPS) is 41.5. The van der Waals surface area contributed by atoms with Crippen molar-refractivity contribution in [1.29, 1.82) is 0 Å². The lowest BCUT2D eigenvalue weighted by Gasteiger charge is -2.49. The van der Waals surface area contributed by atoms with Crippen LogP contribution < -0.4 is 5.32 Å². The van der Waals surface area contributed by atoms with Crippen molar-refractivity contribution < 1.29 is 9.90 Å². The van der Waals surface area contributed by atoms with Crippen molar-refractivity contribution in [1.82, 2.24) is 5.32 Å². The number of carbonyl (C=O) groups is 1. The molecule has 0 amide bonds. The topological polar surface area (TPSA) is 49.3 Å². The van der Waals surface area contributed by atoms with Crippen LogP contribution in [0.1, 0.15) is 83.5 Å². The third-order valence-electron chi connectivity index (χ3n) is 10.5. The van der Waals surface area contributed by atoms with Gasteiger partial charge < -0.3 is 10.4 Å². The van der Waals surface area contributed by atoms with Crippen LogP contribution in [0.4, 0.5) is 0 Å². The molecule has 2 fully saturated rings. The van der Waals surface area contributed by atoms with Gasteiger partial charge in [-0.15, -0.1) is 0 Å². The van der Waals surface area contributed by atoms with E-state index in [9.17, 15) is 9.90 Å². The van der Waals surface area contributed by atoms with Gasteiger partial charge in [-0.25, -0.2) is 0 Å². The number of rotatable bonds is 1. The molecule has 0 aromatic carbocycles. The standard InChI is InChI=1S/C30H37NO2/c32-29(33)30-13-4-3-6-26(30)24-11-10-22-21(23(24)12-14-30)9-8-18-17-28-20(16-25(18)22)15-19-5-1-2-7-27(19)31-28/h10-11,15-16,18,21,23,27-28,31H,1-9,12-14,17H2,(H,32,33). The highest BCUT2D eigenvalue weighted by atomic mass is 16.4. The summed E-state index contributed by atoms with van der Waals surface area (Å²) >= 11 is 0. The van der Waals surface area contributed by atoms with Crippen LogP contribution in [0.5, 0.6) is 0 Å². The van der Waals surface area contributed by atoms with Gasteiger partial charge in [-0.05, 0) is 116 Å². The SMILES string of the molecule is O=C(O)C12CCCCC1=C1C=CC3=C4C=C5C=C6CCCCC6NC5CC4CCC3C1CC2. The fourth-order valence-electron chi connectivity index (χ4n) is 8.85. The predicted molar refractivity (Wildman–Crippen MR) is 131 cm³/mol. The van der Waals surface area contributed by atoms with Gasteiger partial charge in [0.2, 0.25) is 0 Å². The molecule has 6 aliphatic carbocycles. The Morgan fingerprint density at radius 1 is 0.848 bits per heavy atom. The summed E-state index contributed by atoms with van der Waals surface area (Å²) < 4.78 is 0. The number of carboxylic acid groups (broad SMARTS) is 1. The van der Waals surface area contributed by atoms with E-state index in [0.29, 0.717) is 29.8 Å². The maximum Gasteiger partial charge on any atom is 0.313 e. The summed E-state index contributed by atoms with van der Waals surface area (Å²) in [7, 11) is 0. The minimum Gasteiger partial charge on any atom is -0.481 e. The molecule has 1 heterocycles. The minimum absolute atomic E-state index is 0.542. The van der Waals surface area contributed by atoms with Gasteiger partial charge in [0.1, 0.15) is 0 Å². The molecule has 0 bridgehead atoms. The molecule has 174 valence electrons. The van der Waals surface area contributed by atoms with Gasteiger partial charge in [-0.2, -0.15) is 0 Å². The van der Waals surface area contributed by atoms with Crippen LogP contribution in [0.3, 0.4) is 0 Å². The molecule has 0 spiro atoms. The van der Waals surface area contributed by atoms with Gasteiger partial charge in [0.25, 0.3) is 0 Å². The fourth-order valence-corrected chi connectivity index (χ4v) is 8.85. The largest absolute Gasteiger partial charge is 0.481 e. The minimum atomic E-state index is -0.564. The van der Waals surface area contributed by atoms with Crippen molar-refractivity contribution in [2.45, 2.75) is 95.6 Å². The van der Waals surface area contributed by atoms with Crippen molar-refractivity contribution in [2.24, 2.45) is 23.2 Å². The number of fused-ring (bicyclic) bond motifs is 7. The zero-order chi connectivity index (χ0) is 22.2. The second kappa shape index (κ2) is 7.57. The van der Waals surface area contributed by atoms with Gasteiger partial charge in [0.15, 0.2) is 0 Å². The second-order valence-corrected chi connectivity index (χ2v) is 11.9. The van der Waals surface area contributed by atoms with E-state index in [4.69, 9.17) is 0 Å². The Balaban J connectivity index is 1.31. The van der Waals surface area contributed by atoms with Crippen molar-refractivity contribution in [3.8, 4) is 0 Å². The highest BCUT2D eigenvalue weighted by Gasteiger charge is 2.50. The Hall–Kier alpha value is -1.87. The van der Waals surface area contributed by atoms with E-state index in [1.54, 1.807) is 16.7 Å². The highest BCUT2D eigenvalue weighted by molar-refractivity contribution is 5.80. The summed E-state index contributed by atoms with van der Waals surface area (Å²) in [5.41, 5.74) is 8.53. The van der Waals surface area contributed by atoms with Crippen LogP contribution in [0.2, 0.25) is 0 Å². The Kier molecular flexibility index (Phi) is 4.70. The van der Waals surface area contributed by atoms with E-state index in [2.05, 4.69) is 29.6 Å². The fraction of sp³-hybridized carbons (Fsp3) is 0.633. The lowest BCUT2D eigenvalue weighted by molar-refractivity contribution is -0.148. The number of allylic oxidation sites excluding steroid dienone is 6. The van der Waals surface area contributed by atoms with Crippen LogP contribution in [0.15, 0.2) is 57.7 Å². The van der Waals surface area contributed by atoms with Crippen LogP contribution in [0, 0.1) is 23.2 Å². The summed E-state index contributed by atoms with van der Waals surface area (Å²) in [5, 5.41) is 14.2. The first-order chi connectivity index (χ1) is 16.1. The lowest BCUT2D eigenvalue weighted by Crippen LogP contribution is -2.47. The molecule has 2 N–H and O–H groups in total. The first-order valence-corrected chi connectivity index (χ1v) is 13.7. The molecule has 0 aromatic rings. The van der Waals surface area contributed by atoms with Crippen molar-refractivity contribution >= 4 is 5.97 Å². The first-order valence-electron chi connectivity index (χ1n) is 13.7. The van der Waals surface area contributed by atoms with Gasteiger partial charge >= 0.3 is 5.97 Å². The molecule has 33 heavy (non-hydrogen) atoms. The Labute approximate surface area is 197 Å². The molecule has 6 unspecified atom stereocenters. The first kappa shape index (κ1) is 20.5. The summed E-state index contributed by atoms with van der Waals surface area (Å²) in [5.74, 6) is 1.26. The smallest absolute Gasteiger partial charge is 0.313 e. The van der Waals surface area contributed by atoms with Crippen molar-refractivity contribution in [3.63, 3.8) is 0 Å². The van der Waals surface area contributed by atoms with Crippen LogP contribution in [-0.4, -0.2) is 23.2 Å². The molecule has 3 heteroatoms. The third-order valence-corrected chi connectivity index (χ3v) is 10.5. The Bertz CT molecular complexity index is 1060. The van der Waals surface area contributed by atoms with Crippen LogP contribution >= 0.6 is 0 Å². The number of nitrogens with one attached hydrogen (secondary N) is 1. The molecular weight excluding hydrogens is 406 g/mol. The summed E-state index contributed by atoms with van der Waals surface area (Å²) in [6.07, 6.45) is 25.0. The predicted octanol–water partition coefficient (Wildman–Crippen LogP) is 6.40. The van der Waals surface area contributed by atoms with Crippen molar-refractivity contribution in [3.05, 3.63) is 57.7 Å². The average molecular weight is 444 g/mol. The highest BCUT2D eigenvalue weighted by Crippen LogP contribution is 2.58. The summed E-state index contributed by atoms with van der Waals surface area (Å²) in [6, 6.07) is 1.17. The van der Waals surface area contributed by atoms with Crippen molar-refractivity contribution in [2.75, 3.05) is 0 Å². The lowest BCUT2D eigenvalue weighted by atomic mass is 9.55. The quantitative estimate of drug-likeness (QED) is 0.493. The molecule has 0 radical (unpaired) electrons. The Morgan fingerprint density at radius 2 is 1.70 bits per heavy atom. The average Bonchev–Trinajstić information content (AvgIpc) is 2.85. The van der Waals surface area contributed by atoms with E-state index >= 15 is 0 Å². The molecule has 1 aliphatic heterocycles. The van der Waals surface area contributed by atoms with Gasteiger partial charge in [-0.3, -0.25) is 4.79 Å². The van der Waals surface area contributed by atoms with Crippen LogP contribution in [0.25, 0.3) is 0 Å². The van der Waals surface area contributed by atoms with E-state index in [0.717, 1.165) is 38.5 Å². The van der Waals surface area contributed by atoms with E-state index in [-0.39, 0.29) is 0 Å². The molecule has 3 nitrogen and oxygen atoms in total. The monoisotopic (exact) mass is 443 g/mol. The number of carboxylic acids is 1.